The zero-order valence-corrected chi connectivity index (χ0v) is 15.8. The monoisotopic (exact) mass is 396 g/mol. The van der Waals surface area contributed by atoms with Crippen LogP contribution in [0.5, 0.6) is 11.5 Å². The largest absolute Gasteiger partial charge is 0.497 e. The van der Waals surface area contributed by atoms with E-state index in [9.17, 15) is 17.6 Å². The van der Waals surface area contributed by atoms with Gasteiger partial charge in [0.25, 0.3) is 0 Å². The van der Waals surface area contributed by atoms with Gasteiger partial charge in [0.1, 0.15) is 22.2 Å². The molecule has 0 bridgehead atoms. The average molecular weight is 396 g/mol. The number of amides is 1. The van der Waals surface area contributed by atoms with Gasteiger partial charge < -0.3 is 14.8 Å². The minimum Gasteiger partial charge on any atom is -0.497 e. The standard InChI is InChI=1S/C18H21FN2O5S/c1-25-15-7-8-16(26-2)17(11-15)27(23,24)21-12-18(22)20-10-9-13-3-5-14(19)6-4-13/h3-8,11,21H,9-10,12H2,1-2H3,(H,20,22). The maximum Gasteiger partial charge on any atom is 0.244 e. The number of hydrogen-bond acceptors (Lipinski definition) is 5. The third-order valence-electron chi connectivity index (χ3n) is 3.73. The Hall–Kier alpha value is -2.65. The number of halogens is 1. The molecule has 0 fully saturated rings. The van der Waals surface area contributed by atoms with E-state index >= 15 is 0 Å². The Balaban J connectivity index is 1.90. The minimum atomic E-state index is -3.97. The van der Waals surface area contributed by atoms with Crippen LogP contribution in [-0.2, 0) is 21.2 Å². The molecule has 2 aromatic rings. The van der Waals surface area contributed by atoms with Crippen molar-refractivity contribution in [2.75, 3.05) is 27.3 Å². The summed E-state index contributed by atoms with van der Waals surface area (Å²) >= 11 is 0. The van der Waals surface area contributed by atoms with Gasteiger partial charge in [0.05, 0.1) is 20.8 Å². The second-order valence-electron chi connectivity index (χ2n) is 5.57. The molecule has 0 aliphatic rings. The summed E-state index contributed by atoms with van der Waals surface area (Å²) in [7, 11) is -1.20. The van der Waals surface area contributed by atoms with E-state index in [4.69, 9.17) is 9.47 Å². The van der Waals surface area contributed by atoms with Gasteiger partial charge in [0, 0.05) is 12.6 Å². The molecule has 0 spiro atoms. The topological polar surface area (TPSA) is 93.7 Å². The van der Waals surface area contributed by atoms with E-state index in [2.05, 4.69) is 10.0 Å². The zero-order chi connectivity index (χ0) is 19.9. The van der Waals surface area contributed by atoms with Crippen LogP contribution in [0.4, 0.5) is 4.39 Å². The summed E-state index contributed by atoms with van der Waals surface area (Å²) in [4.78, 5) is 11.8. The molecule has 0 saturated carbocycles. The first kappa shape index (κ1) is 20.7. The fourth-order valence-electron chi connectivity index (χ4n) is 2.29. The van der Waals surface area contributed by atoms with E-state index in [1.165, 1.54) is 38.5 Å². The van der Waals surface area contributed by atoms with Gasteiger partial charge >= 0.3 is 0 Å². The Bertz CT molecular complexity index is 885. The van der Waals surface area contributed by atoms with Crippen LogP contribution in [0.25, 0.3) is 0 Å². The summed E-state index contributed by atoms with van der Waals surface area (Å²) in [5, 5.41) is 2.61. The fraction of sp³-hybridized carbons (Fsp3) is 0.278. The van der Waals surface area contributed by atoms with Crippen LogP contribution in [0.2, 0.25) is 0 Å². The molecule has 0 aromatic heterocycles. The maximum atomic E-state index is 12.8. The molecule has 0 unspecified atom stereocenters. The lowest BCUT2D eigenvalue weighted by Gasteiger charge is -2.12. The number of carbonyl (C=O) groups excluding carboxylic acids is 1. The molecule has 9 heteroatoms. The number of sulfonamides is 1. The van der Waals surface area contributed by atoms with E-state index in [0.29, 0.717) is 18.7 Å². The van der Waals surface area contributed by atoms with Crippen molar-refractivity contribution >= 4 is 15.9 Å². The SMILES string of the molecule is COc1ccc(OC)c(S(=O)(=O)NCC(=O)NCCc2ccc(F)cc2)c1. The smallest absolute Gasteiger partial charge is 0.244 e. The molecule has 0 aliphatic carbocycles. The molecule has 0 radical (unpaired) electrons. The van der Waals surface area contributed by atoms with Crippen LogP contribution in [0.3, 0.4) is 0 Å². The number of ether oxygens (including phenoxy) is 2. The molecule has 2 aromatic carbocycles. The summed E-state index contributed by atoms with van der Waals surface area (Å²) in [5.74, 6) is -0.326. The molecule has 0 saturated heterocycles. The van der Waals surface area contributed by atoms with Crippen molar-refractivity contribution in [1.82, 2.24) is 10.0 Å². The van der Waals surface area contributed by atoms with Gasteiger partial charge in [-0.15, -0.1) is 0 Å². The molecular weight excluding hydrogens is 375 g/mol. The zero-order valence-electron chi connectivity index (χ0n) is 15.0. The molecule has 1 amide bonds. The lowest BCUT2D eigenvalue weighted by atomic mass is 10.1. The van der Waals surface area contributed by atoms with Crippen LogP contribution in [0, 0.1) is 5.82 Å². The lowest BCUT2D eigenvalue weighted by Crippen LogP contribution is -2.37. The highest BCUT2D eigenvalue weighted by molar-refractivity contribution is 7.89. The van der Waals surface area contributed by atoms with Gasteiger partial charge in [-0.2, -0.15) is 0 Å². The summed E-state index contributed by atoms with van der Waals surface area (Å²) in [6, 6.07) is 10.3. The van der Waals surface area contributed by atoms with Gasteiger partial charge in [0.15, 0.2) is 0 Å². The molecule has 27 heavy (non-hydrogen) atoms. The van der Waals surface area contributed by atoms with Crippen molar-refractivity contribution in [2.24, 2.45) is 0 Å². The fourth-order valence-corrected chi connectivity index (χ4v) is 3.46. The maximum absolute atomic E-state index is 12.8. The van der Waals surface area contributed by atoms with Gasteiger partial charge in [-0.3, -0.25) is 4.79 Å². The molecule has 2 rings (SSSR count). The van der Waals surface area contributed by atoms with Crippen LogP contribution in [0.15, 0.2) is 47.4 Å². The van der Waals surface area contributed by atoms with E-state index in [1.54, 1.807) is 18.2 Å². The lowest BCUT2D eigenvalue weighted by molar-refractivity contribution is -0.119. The first-order valence-corrected chi connectivity index (χ1v) is 9.57. The average Bonchev–Trinajstić information content (AvgIpc) is 2.67. The van der Waals surface area contributed by atoms with Gasteiger partial charge in [-0.05, 0) is 36.2 Å². The Morgan fingerprint density at radius 3 is 2.41 bits per heavy atom. The highest BCUT2D eigenvalue weighted by atomic mass is 32.2. The van der Waals surface area contributed by atoms with Crippen LogP contribution >= 0.6 is 0 Å². The van der Waals surface area contributed by atoms with Crippen molar-refractivity contribution in [3.05, 3.63) is 53.8 Å². The Labute approximate surface area is 157 Å². The molecule has 0 aliphatic heterocycles. The molecule has 0 heterocycles. The highest BCUT2D eigenvalue weighted by Crippen LogP contribution is 2.27. The number of carbonyl (C=O) groups is 1. The van der Waals surface area contributed by atoms with E-state index in [-0.39, 0.29) is 16.5 Å². The van der Waals surface area contributed by atoms with Crippen molar-refractivity contribution in [1.29, 1.82) is 0 Å². The van der Waals surface area contributed by atoms with Crippen LogP contribution < -0.4 is 19.5 Å². The summed E-state index contributed by atoms with van der Waals surface area (Å²) in [6.07, 6.45) is 0.502. The summed E-state index contributed by atoms with van der Waals surface area (Å²) in [6.45, 7) is -0.124. The second-order valence-corrected chi connectivity index (χ2v) is 7.30. The Morgan fingerprint density at radius 2 is 1.78 bits per heavy atom. The molecule has 0 atom stereocenters. The van der Waals surface area contributed by atoms with Gasteiger partial charge in [-0.25, -0.2) is 17.5 Å². The van der Waals surface area contributed by atoms with Crippen molar-refractivity contribution < 1.29 is 27.1 Å². The first-order valence-electron chi connectivity index (χ1n) is 8.08. The second kappa shape index (κ2) is 9.33. The van der Waals surface area contributed by atoms with Gasteiger partial charge in [0.2, 0.25) is 15.9 Å². The molecule has 146 valence electrons. The number of nitrogens with one attached hydrogen (secondary N) is 2. The molecule has 7 nitrogen and oxygen atoms in total. The number of hydrogen-bond donors (Lipinski definition) is 2. The highest BCUT2D eigenvalue weighted by Gasteiger charge is 2.21. The quantitative estimate of drug-likeness (QED) is 0.670. The normalized spacial score (nSPS) is 11.1. The van der Waals surface area contributed by atoms with Crippen LogP contribution in [-0.4, -0.2) is 41.6 Å². The summed E-state index contributed by atoms with van der Waals surface area (Å²) < 4.78 is 50.1. The van der Waals surface area contributed by atoms with E-state index in [1.807, 2.05) is 0 Å². The number of methoxy groups -OCH3 is 2. The molecular formula is C18H21FN2O5S. The van der Waals surface area contributed by atoms with Crippen molar-refractivity contribution in [2.45, 2.75) is 11.3 Å². The van der Waals surface area contributed by atoms with Gasteiger partial charge in [-0.1, -0.05) is 12.1 Å². The van der Waals surface area contributed by atoms with Crippen molar-refractivity contribution in [3.63, 3.8) is 0 Å². The number of benzene rings is 2. The Kier molecular flexibility index (Phi) is 7.14. The first-order chi connectivity index (χ1) is 12.9. The third kappa shape index (κ3) is 5.93. The summed E-state index contributed by atoms with van der Waals surface area (Å²) in [5.41, 5.74) is 0.860. The number of rotatable bonds is 9. The third-order valence-corrected chi connectivity index (χ3v) is 5.15. The predicted molar refractivity (Wildman–Crippen MR) is 97.8 cm³/mol. The molecule has 2 N–H and O–H groups in total. The predicted octanol–water partition coefficient (Wildman–Crippen LogP) is 1.48. The minimum absolute atomic E-state index is 0.122. The van der Waals surface area contributed by atoms with E-state index in [0.717, 1.165) is 5.56 Å². The van der Waals surface area contributed by atoms with Crippen LogP contribution in [0.1, 0.15) is 5.56 Å². The Morgan fingerprint density at radius 1 is 1.07 bits per heavy atom. The van der Waals surface area contributed by atoms with Crippen molar-refractivity contribution in [3.8, 4) is 11.5 Å². The van der Waals surface area contributed by atoms with E-state index < -0.39 is 22.5 Å².